The number of fused-ring (bicyclic) bond motifs is 2. The van der Waals surface area contributed by atoms with E-state index in [9.17, 15) is 4.79 Å². The van der Waals surface area contributed by atoms with Crippen molar-refractivity contribution in [1.82, 2.24) is 5.32 Å². The highest BCUT2D eigenvalue weighted by Crippen LogP contribution is 2.47. The van der Waals surface area contributed by atoms with E-state index < -0.39 is 0 Å². The zero-order valence-electron chi connectivity index (χ0n) is 10.8. The van der Waals surface area contributed by atoms with Gasteiger partial charge < -0.3 is 15.0 Å². The average Bonchev–Trinajstić information content (AvgIpc) is 2.63. The van der Waals surface area contributed by atoms with Crippen LogP contribution in [0.15, 0.2) is 18.2 Å². The topological polar surface area (TPSA) is 41.6 Å². The van der Waals surface area contributed by atoms with Gasteiger partial charge in [-0.2, -0.15) is 0 Å². The Kier molecular flexibility index (Phi) is 2.55. The first-order valence-corrected chi connectivity index (χ1v) is 6.36. The third-order valence-corrected chi connectivity index (χ3v) is 4.25. The Hall–Kier alpha value is -1.55. The van der Waals surface area contributed by atoms with Gasteiger partial charge in [0.15, 0.2) is 0 Å². The molecular formula is C14H18N2O2. The molecule has 0 saturated carbocycles. The van der Waals surface area contributed by atoms with E-state index in [0.717, 1.165) is 42.9 Å². The number of nitrogens with one attached hydrogen (secondary N) is 1. The minimum Gasteiger partial charge on any atom is -0.497 e. The monoisotopic (exact) mass is 246 g/mol. The Labute approximate surface area is 107 Å². The molecule has 0 unspecified atom stereocenters. The Bertz CT molecular complexity index is 493. The van der Waals surface area contributed by atoms with Gasteiger partial charge in [0.2, 0.25) is 5.91 Å². The van der Waals surface area contributed by atoms with Gasteiger partial charge in [0, 0.05) is 12.7 Å². The molecule has 96 valence electrons. The van der Waals surface area contributed by atoms with Crippen LogP contribution in [0.25, 0.3) is 0 Å². The van der Waals surface area contributed by atoms with Crippen molar-refractivity contribution in [3.8, 4) is 5.75 Å². The van der Waals surface area contributed by atoms with E-state index in [0.29, 0.717) is 0 Å². The molecule has 1 N–H and O–H groups in total. The van der Waals surface area contributed by atoms with Gasteiger partial charge in [0.1, 0.15) is 5.75 Å². The molecule has 1 aromatic rings. The molecule has 0 aromatic heterocycles. The van der Waals surface area contributed by atoms with Crippen LogP contribution in [0.3, 0.4) is 0 Å². The number of benzene rings is 1. The number of carbonyl (C=O) groups is 1. The predicted octanol–water partition coefficient (Wildman–Crippen LogP) is 1.29. The lowest BCUT2D eigenvalue weighted by molar-refractivity contribution is -0.123. The Morgan fingerprint density at radius 3 is 2.72 bits per heavy atom. The lowest BCUT2D eigenvalue weighted by atomic mass is 9.74. The first-order valence-electron chi connectivity index (χ1n) is 6.36. The number of nitrogens with zero attached hydrogens (tertiary/aromatic N) is 1. The van der Waals surface area contributed by atoms with Crippen LogP contribution in [-0.4, -0.2) is 33.2 Å². The van der Waals surface area contributed by atoms with Crippen molar-refractivity contribution in [2.24, 2.45) is 0 Å². The van der Waals surface area contributed by atoms with Crippen LogP contribution < -0.4 is 15.0 Å². The van der Waals surface area contributed by atoms with Gasteiger partial charge >= 0.3 is 0 Å². The highest BCUT2D eigenvalue weighted by molar-refractivity contribution is 6.08. The third kappa shape index (κ3) is 1.38. The zero-order valence-corrected chi connectivity index (χ0v) is 10.8. The van der Waals surface area contributed by atoms with Gasteiger partial charge in [-0.05, 0) is 49.7 Å². The van der Waals surface area contributed by atoms with Crippen LogP contribution in [0.5, 0.6) is 5.75 Å². The van der Waals surface area contributed by atoms with Gasteiger partial charge in [-0.3, -0.25) is 4.79 Å². The van der Waals surface area contributed by atoms with E-state index in [-0.39, 0.29) is 11.3 Å². The van der Waals surface area contributed by atoms with Gasteiger partial charge in [0.05, 0.1) is 12.5 Å². The maximum Gasteiger partial charge on any atom is 0.237 e. The summed E-state index contributed by atoms with van der Waals surface area (Å²) in [6.45, 7) is 1.80. The normalized spacial score (nSPS) is 21.2. The first-order chi connectivity index (χ1) is 8.69. The van der Waals surface area contributed by atoms with Crippen LogP contribution in [0, 0.1) is 0 Å². The number of carbonyl (C=O) groups excluding carboxylic acids is 1. The molecule has 1 amide bonds. The first kappa shape index (κ1) is 11.5. The summed E-state index contributed by atoms with van der Waals surface area (Å²) < 4.78 is 5.30. The molecule has 18 heavy (non-hydrogen) atoms. The lowest BCUT2D eigenvalue weighted by Crippen LogP contribution is -2.46. The van der Waals surface area contributed by atoms with Crippen molar-refractivity contribution in [3.63, 3.8) is 0 Å². The van der Waals surface area contributed by atoms with Crippen molar-refractivity contribution < 1.29 is 9.53 Å². The molecule has 0 aliphatic carbocycles. The van der Waals surface area contributed by atoms with Gasteiger partial charge in [0.25, 0.3) is 0 Å². The van der Waals surface area contributed by atoms with E-state index in [2.05, 4.69) is 5.32 Å². The number of anilines is 1. The molecule has 0 radical (unpaired) electrons. The molecule has 1 saturated heterocycles. The SMILES string of the molecule is COc1ccc2c(c1)C1(CCNCC1)C(=O)N2C. The summed E-state index contributed by atoms with van der Waals surface area (Å²) in [6, 6.07) is 5.94. The largest absolute Gasteiger partial charge is 0.497 e. The van der Waals surface area contributed by atoms with E-state index in [1.807, 2.05) is 25.2 Å². The van der Waals surface area contributed by atoms with Crippen LogP contribution in [0.4, 0.5) is 5.69 Å². The molecule has 3 rings (SSSR count). The molecule has 4 nitrogen and oxygen atoms in total. The summed E-state index contributed by atoms with van der Waals surface area (Å²) >= 11 is 0. The summed E-state index contributed by atoms with van der Waals surface area (Å²) in [6.07, 6.45) is 1.74. The molecule has 0 atom stereocenters. The Morgan fingerprint density at radius 1 is 1.33 bits per heavy atom. The quantitative estimate of drug-likeness (QED) is 0.812. The van der Waals surface area contributed by atoms with Crippen LogP contribution >= 0.6 is 0 Å². The molecular weight excluding hydrogens is 228 g/mol. The molecule has 2 heterocycles. The molecule has 1 aromatic carbocycles. The average molecular weight is 246 g/mol. The number of likely N-dealkylation sites (N-methyl/N-ethyl adjacent to an activating group) is 1. The number of piperidine rings is 1. The van der Waals surface area contributed by atoms with Gasteiger partial charge in [-0.25, -0.2) is 0 Å². The summed E-state index contributed by atoms with van der Waals surface area (Å²) in [7, 11) is 3.53. The standard InChI is InChI=1S/C14H18N2O2/c1-16-12-4-3-10(18-2)9-11(12)14(13(16)17)5-7-15-8-6-14/h3-4,9,15H,5-8H2,1-2H3. The highest BCUT2D eigenvalue weighted by Gasteiger charge is 2.49. The number of methoxy groups -OCH3 is 1. The second-order valence-corrected chi connectivity index (χ2v) is 5.08. The van der Waals surface area contributed by atoms with Crippen LogP contribution in [0.2, 0.25) is 0 Å². The number of rotatable bonds is 1. The summed E-state index contributed by atoms with van der Waals surface area (Å²) in [5.74, 6) is 1.06. The van der Waals surface area contributed by atoms with Gasteiger partial charge in [-0.15, -0.1) is 0 Å². The van der Waals surface area contributed by atoms with E-state index in [4.69, 9.17) is 4.74 Å². The smallest absolute Gasteiger partial charge is 0.237 e. The predicted molar refractivity (Wildman–Crippen MR) is 70.2 cm³/mol. The van der Waals surface area contributed by atoms with E-state index >= 15 is 0 Å². The van der Waals surface area contributed by atoms with E-state index in [1.54, 1.807) is 12.0 Å². The van der Waals surface area contributed by atoms with Crippen molar-refractivity contribution >= 4 is 11.6 Å². The maximum absolute atomic E-state index is 12.6. The van der Waals surface area contributed by atoms with Crippen LogP contribution in [0.1, 0.15) is 18.4 Å². The molecule has 1 fully saturated rings. The van der Waals surface area contributed by atoms with Crippen molar-refractivity contribution in [2.45, 2.75) is 18.3 Å². The number of ether oxygens (including phenoxy) is 1. The number of hydrogen-bond donors (Lipinski definition) is 1. The fraction of sp³-hybridized carbons (Fsp3) is 0.500. The number of hydrogen-bond acceptors (Lipinski definition) is 3. The fourth-order valence-electron chi connectivity index (χ4n) is 3.20. The third-order valence-electron chi connectivity index (χ3n) is 4.25. The van der Waals surface area contributed by atoms with Crippen molar-refractivity contribution in [2.75, 3.05) is 32.1 Å². The highest BCUT2D eigenvalue weighted by atomic mass is 16.5. The molecule has 4 heteroatoms. The molecule has 2 aliphatic rings. The number of amides is 1. The molecule has 2 aliphatic heterocycles. The minimum absolute atomic E-state index is 0.229. The summed E-state index contributed by atoms with van der Waals surface area (Å²) in [5, 5.41) is 3.33. The van der Waals surface area contributed by atoms with Gasteiger partial charge in [-0.1, -0.05) is 0 Å². The zero-order chi connectivity index (χ0) is 12.8. The maximum atomic E-state index is 12.6. The van der Waals surface area contributed by atoms with Crippen molar-refractivity contribution in [1.29, 1.82) is 0 Å². The van der Waals surface area contributed by atoms with Crippen LogP contribution in [-0.2, 0) is 10.2 Å². The van der Waals surface area contributed by atoms with Crippen molar-refractivity contribution in [3.05, 3.63) is 23.8 Å². The molecule has 0 bridgehead atoms. The Morgan fingerprint density at radius 2 is 2.06 bits per heavy atom. The molecule has 1 spiro atoms. The Balaban J connectivity index is 2.15. The fourth-order valence-corrected chi connectivity index (χ4v) is 3.20. The summed E-state index contributed by atoms with van der Waals surface area (Å²) in [5.41, 5.74) is 1.84. The summed E-state index contributed by atoms with van der Waals surface area (Å²) in [4.78, 5) is 14.4. The van der Waals surface area contributed by atoms with E-state index in [1.165, 1.54) is 0 Å². The second-order valence-electron chi connectivity index (χ2n) is 5.08. The lowest BCUT2D eigenvalue weighted by Gasteiger charge is -2.32. The second kappa shape index (κ2) is 3.99. The minimum atomic E-state index is -0.329.